The first-order valence-electron chi connectivity index (χ1n) is 26.2. The Kier molecular flexibility index (Phi) is 7.04. The number of anilines is 3. The third kappa shape index (κ3) is 4.72. The van der Waals surface area contributed by atoms with Gasteiger partial charge in [0.15, 0.2) is 0 Å². The minimum absolute atomic E-state index is 0.148. The molecular weight excluding hydrogens is 908 g/mol. The lowest BCUT2D eigenvalue weighted by Crippen LogP contribution is -2.56. The minimum Gasteiger partial charge on any atom is -0.375 e. The molecular formula is C70H39BN4. The van der Waals surface area contributed by atoms with Crippen LogP contribution in [0.15, 0.2) is 237 Å². The molecule has 5 aromatic heterocycles. The SMILES string of the molecule is c1ccc(-c2ccc3c(c2)c2cc(-c4ccccc4)cc4c2n3B2c3cc5c(cc3N(c3ccc6c(c3)c3cccc7c8ccccc8n6c73)c3cc6ccccc6c-4c32)c2cccc3c4ccccc4n5c32)cc1. The lowest BCUT2D eigenvalue weighted by Gasteiger charge is -2.41. The van der Waals surface area contributed by atoms with Crippen LogP contribution in [0.25, 0.3) is 142 Å². The van der Waals surface area contributed by atoms with E-state index in [2.05, 4.69) is 255 Å². The van der Waals surface area contributed by atoms with Gasteiger partial charge in [0.1, 0.15) is 0 Å². The fourth-order valence-corrected chi connectivity index (χ4v) is 14.6. The Morgan fingerprint density at radius 1 is 0.293 bits per heavy atom. The molecule has 4 nitrogen and oxygen atoms in total. The molecule has 0 spiro atoms. The van der Waals surface area contributed by atoms with Crippen molar-refractivity contribution < 1.29 is 0 Å². The van der Waals surface area contributed by atoms with Gasteiger partial charge in [0.2, 0.25) is 0 Å². The molecule has 0 unspecified atom stereocenters. The predicted molar refractivity (Wildman–Crippen MR) is 318 cm³/mol. The van der Waals surface area contributed by atoms with E-state index in [1.165, 1.54) is 164 Å². The molecule has 19 rings (SSSR count). The van der Waals surface area contributed by atoms with Gasteiger partial charge >= 0.3 is 6.85 Å². The summed E-state index contributed by atoms with van der Waals surface area (Å²) in [6.07, 6.45) is 0. The number of rotatable bonds is 3. The zero-order chi connectivity index (χ0) is 48.4. The smallest absolute Gasteiger partial charge is 0.333 e. The Morgan fingerprint density at radius 2 is 0.840 bits per heavy atom. The summed E-state index contributed by atoms with van der Waals surface area (Å²) in [6, 6.07) is 89.7. The summed E-state index contributed by atoms with van der Waals surface area (Å²) in [5.41, 5.74) is 23.7. The largest absolute Gasteiger partial charge is 0.375 e. The third-order valence-corrected chi connectivity index (χ3v) is 17.6. The maximum absolute atomic E-state index is 2.74. The molecule has 17 aromatic rings. The van der Waals surface area contributed by atoms with Gasteiger partial charge in [0.25, 0.3) is 0 Å². The summed E-state index contributed by atoms with van der Waals surface area (Å²) in [5, 5.41) is 15.3. The average molecular weight is 947 g/mol. The van der Waals surface area contributed by atoms with Crippen LogP contribution in [0, 0.1) is 0 Å². The molecule has 0 radical (unpaired) electrons. The Bertz CT molecular complexity index is 5370. The van der Waals surface area contributed by atoms with Crippen LogP contribution in [-0.4, -0.2) is 20.1 Å². The van der Waals surface area contributed by atoms with Gasteiger partial charge in [-0.1, -0.05) is 164 Å². The lowest BCUT2D eigenvalue weighted by atomic mass is 9.44. The van der Waals surface area contributed by atoms with Crippen molar-refractivity contribution in [3.8, 4) is 33.4 Å². The second kappa shape index (κ2) is 13.6. The lowest BCUT2D eigenvalue weighted by molar-refractivity contribution is 1.26. The van der Waals surface area contributed by atoms with Gasteiger partial charge in [-0.15, -0.1) is 0 Å². The van der Waals surface area contributed by atoms with Crippen molar-refractivity contribution >= 4 is 144 Å². The Morgan fingerprint density at radius 3 is 1.56 bits per heavy atom. The number of hydrogen-bond donors (Lipinski definition) is 0. The Balaban J connectivity index is 0.995. The molecule has 0 bridgehead atoms. The highest BCUT2D eigenvalue weighted by Crippen LogP contribution is 2.52. The standard InChI is InChI=1S/C70H39BN4/c1-3-15-40(16-4-1)42-29-31-62-53(33-42)56-34-44(41-17-5-2-6-18-41)35-57-66-46-20-8-7-19-43(46)36-65-67(66)71(75(62)70(56)57)58-39-63-55(52-26-14-24-50-48-22-10-12-28-60(48)74(63)69(50)52)38-64(58)72(65)45-30-32-61-54(37-45)51-25-13-23-49-47-21-9-11-27-59(47)73(61)68(49)51/h1-39H. The van der Waals surface area contributed by atoms with Crippen LogP contribution >= 0.6 is 0 Å². The van der Waals surface area contributed by atoms with Crippen LogP contribution in [0.1, 0.15) is 0 Å². The molecule has 0 atom stereocenters. The molecule has 5 heteroatoms. The van der Waals surface area contributed by atoms with E-state index in [1.54, 1.807) is 0 Å². The highest BCUT2D eigenvalue weighted by Gasteiger charge is 2.44. The van der Waals surface area contributed by atoms with Crippen molar-refractivity contribution in [1.82, 2.24) is 13.3 Å². The van der Waals surface area contributed by atoms with E-state index in [1.807, 2.05) is 0 Å². The minimum atomic E-state index is -0.148. The number of fused-ring (bicyclic) bond motifs is 21. The molecule has 0 fully saturated rings. The van der Waals surface area contributed by atoms with E-state index < -0.39 is 0 Å². The molecule has 0 amide bonds. The van der Waals surface area contributed by atoms with Gasteiger partial charge in [-0.05, 0) is 122 Å². The first-order chi connectivity index (χ1) is 37.2. The third-order valence-electron chi connectivity index (χ3n) is 17.6. The number of benzene rings is 12. The van der Waals surface area contributed by atoms with Gasteiger partial charge in [-0.25, -0.2) is 0 Å². The van der Waals surface area contributed by atoms with Crippen LogP contribution < -0.4 is 15.8 Å². The van der Waals surface area contributed by atoms with Gasteiger partial charge in [0.05, 0.1) is 33.1 Å². The fraction of sp³-hybridized carbons (Fsp3) is 0. The fourth-order valence-electron chi connectivity index (χ4n) is 14.6. The summed E-state index contributed by atoms with van der Waals surface area (Å²) < 4.78 is 7.79. The maximum atomic E-state index is 2.74. The normalized spacial score (nSPS) is 13.3. The first-order valence-corrected chi connectivity index (χ1v) is 26.2. The number of nitrogens with zero attached hydrogens (tertiary/aromatic N) is 4. The Hall–Kier alpha value is -9.84. The van der Waals surface area contributed by atoms with Crippen LogP contribution in [0.4, 0.5) is 17.1 Å². The second-order valence-electron chi connectivity index (χ2n) is 21.1. The molecule has 342 valence electrons. The molecule has 0 N–H and O–H groups in total. The van der Waals surface area contributed by atoms with E-state index in [-0.39, 0.29) is 6.85 Å². The van der Waals surface area contributed by atoms with E-state index in [4.69, 9.17) is 0 Å². The van der Waals surface area contributed by atoms with Gasteiger partial charge in [0, 0.05) is 87.5 Å². The number of aromatic nitrogens is 3. The second-order valence-corrected chi connectivity index (χ2v) is 21.1. The monoisotopic (exact) mass is 946 g/mol. The zero-order valence-electron chi connectivity index (χ0n) is 40.4. The number of para-hydroxylation sites is 4. The summed E-state index contributed by atoms with van der Waals surface area (Å²) in [5.74, 6) is 0. The molecule has 0 saturated heterocycles. The summed E-state index contributed by atoms with van der Waals surface area (Å²) >= 11 is 0. The van der Waals surface area contributed by atoms with Crippen molar-refractivity contribution in [2.75, 3.05) is 4.90 Å². The van der Waals surface area contributed by atoms with Crippen molar-refractivity contribution in [3.63, 3.8) is 0 Å². The van der Waals surface area contributed by atoms with Gasteiger partial charge in [-0.3, -0.25) is 0 Å². The molecule has 0 aliphatic carbocycles. The zero-order valence-corrected chi connectivity index (χ0v) is 40.4. The van der Waals surface area contributed by atoms with Gasteiger partial charge < -0.3 is 18.2 Å². The number of hydrogen-bond acceptors (Lipinski definition) is 1. The molecule has 7 heterocycles. The first kappa shape index (κ1) is 38.8. The van der Waals surface area contributed by atoms with Crippen molar-refractivity contribution in [3.05, 3.63) is 237 Å². The van der Waals surface area contributed by atoms with E-state index >= 15 is 0 Å². The highest BCUT2D eigenvalue weighted by atomic mass is 15.2. The average Bonchev–Trinajstić information content (AvgIpc) is 4.28. The molecule has 2 aliphatic rings. The molecule has 2 aliphatic heterocycles. The van der Waals surface area contributed by atoms with E-state index in [0.29, 0.717) is 0 Å². The van der Waals surface area contributed by atoms with Crippen LogP contribution in [0.2, 0.25) is 0 Å². The predicted octanol–water partition coefficient (Wildman–Crippen LogP) is 17.0. The highest BCUT2D eigenvalue weighted by molar-refractivity contribution is 6.90. The van der Waals surface area contributed by atoms with Crippen molar-refractivity contribution in [1.29, 1.82) is 0 Å². The quantitative estimate of drug-likeness (QED) is 0.161. The van der Waals surface area contributed by atoms with Crippen molar-refractivity contribution in [2.45, 2.75) is 0 Å². The van der Waals surface area contributed by atoms with Crippen molar-refractivity contribution in [2.24, 2.45) is 0 Å². The summed E-state index contributed by atoms with van der Waals surface area (Å²) in [4.78, 5) is 2.64. The summed E-state index contributed by atoms with van der Waals surface area (Å²) in [7, 11) is 0. The van der Waals surface area contributed by atoms with Crippen LogP contribution in [0.3, 0.4) is 0 Å². The summed E-state index contributed by atoms with van der Waals surface area (Å²) in [6.45, 7) is -0.148. The van der Waals surface area contributed by atoms with E-state index in [9.17, 15) is 0 Å². The molecule has 12 aromatic carbocycles. The van der Waals surface area contributed by atoms with Crippen LogP contribution in [-0.2, 0) is 0 Å². The van der Waals surface area contributed by atoms with Gasteiger partial charge in [-0.2, -0.15) is 0 Å². The Labute approximate surface area is 429 Å². The topological polar surface area (TPSA) is 17.0 Å². The maximum Gasteiger partial charge on any atom is 0.333 e. The van der Waals surface area contributed by atoms with E-state index in [0.717, 1.165) is 5.69 Å². The molecule has 0 saturated carbocycles. The molecule has 75 heavy (non-hydrogen) atoms. The van der Waals surface area contributed by atoms with Crippen LogP contribution in [0.5, 0.6) is 0 Å².